The monoisotopic (exact) mass is 151 g/mol. The summed E-state index contributed by atoms with van der Waals surface area (Å²) in [6, 6.07) is 3.26. The molecule has 4 heteroatoms. The molecule has 0 amide bonds. The molecule has 0 bridgehead atoms. The topological polar surface area (TPSA) is 61.9 Å². The molecule has 2 N–H and O–H groups in total. The number of methoxy groups -OCH3 is 1. The van der Waals surface area contributed by atoms with Crippen LogP contribution in [0.25, 0.3) is 0 Å². The van der Waals surface area contributed by atoms with Gasteiger partial charge in [0, 0.05) is 0 Å². The normalized spacial score (nSPS) is 9.18. The van der Waals surface area contributed by atoms with Crippen molar-refractivity contribution in [2.45, 2.75) is 0 Å². The Hall–Kier alpha value is -1.58. The highest BCUT2D eigenvalue weighted by molar-refractivity contribution is 5.54. The minimum Gasteiger partial charge on any atom is -0.495 e. The number of nitrogens with zero attached hydrogens (tertiary/aromatic N) is 1. The summed E-state index contributed by atoms with van der Waals surface area (Å²) >= 11 is 0. The van der Waals surface area contributed by atoms with Gasteiger partial charge in [0.25, 0.3) is 0 Å². The van der Waals surface area contributed by atoms with Gasteiger partial charge in [-0.3, -0.25) is 15.4 Å². The van der Waals surface area contributed by atoms with E-state index >= 15 is 0 Å². The maximum atomic E-state index is 7.30. The smallest absolute Gasteiger partial charge is 0.135 e. The Labute approximate surface area is 64.1 Å². The second-order valence-corrected chi connectivity index (χ2v) is 1.99. The lowest BCUT2D eigenvalue weighted by Gasteiger charge is -2.01. The largest absolute Gasteiger partial charge is 0.495 e. The number of rotatable bonds is 2. The Bertz CT molecular complexity index is 316. The van der Waals surface area contributed by atoms with Crippen LogP contribution in [0.5, 0.6) is 5.75 Å². The zero-order chi connectivity index (χ0) is 8.27. The Morgan fingerprint density at radius 2 is 2.27 bits per heavy atom. The SMILES string of the molecule is COc1ccc(=N)n(C=N)c1. The molecule has 0 radical (unpaired) electrons. The van der Waals surface area contributed by atoms with Gasteiger partial charge in [-0.15, -0.1) is 0 Å². The second kappa shape index (κ2) is 3.01. The first kappa shape index (κ1) is 7.53. The van der Waals surface area contributed by atoms with Crippen molar-refractivity contribution in [2.75, 3.05) is 7.11 Å². The van der Waals surface area contributed by atoms with Crippen LogP contribution in [0.15, 0.2) is 18.3 Å². The molecule has 0 aliphatic heterocycles. The van der Waals surface area contributed by atoms with Crippen LogP contribution in [0, 0.1) is 10.8 Å². The third-order valence-electron chi connectivity index (χ3n) is 1.32. The van der Waals surface area contributed by atoms with Crippen LogP contribution in [0.1, 0.15) is 0 Å². The van der Waals surface area contributed by atoms with Crippen molar-refractivity contribution in [1.82, 2.24) is 4.57 Å². The van der Waals surface area contributed by atoms with Gasteiger partial charge in [-0.2, -0.15) is 0 Å². The lowest BCUT2D eigenvalue weighted by atomic mass is 10.4. The van der Waals surface area contributed by atoms with Crippen molar-refractivity contribution in [3.63, 3.8) is 0 Å². The van der Waals surface area contributed by atoms with Crippen molar-refractivity contribution in [2.24, 2.45) is 0 Å². The van der Waals surface area contributed by atoms with Crippen molar-refractivity contribution in [3.8, 4) is 5.75 Å². The lowest BCUT2D eigenvalue weighted by Crippen LogP contribution is -2.17. The molecule has 1 rings (SSSR count). The van der Waals surface area contributed by atoms with E-state index in [0.29, 0.717) is 5.75 Å². The Morgan fingerprint density at radius 3 is 2.82 bits per heavy atom. The maximum absolute atomic E-state index is 7.30. The molecular formula is C7H9N3O. The summed E-state index contributed by atoms with van der Waals surface area (Å²) in [5, 5.41) is 14.2. The van der Waals surface area contributed by atoms with Crippen molar-refractivity contribution < 1.29 is 4.74 Å². The second-order valence-electron chi connectivity index (χ2n) is 1.99. The molecule has 11 heavy (non-hydrogen) atoms. The highest BCUT2D eigenvalue weighted by atomic mass is 16.5. The molecule has 1 heterocycles. The molecule has 0 fully saturated rings. The fourth-order valence-electron chi connectivity index (χ4n) is 0.724. The first-order valence-corrected chi connectivity index (χ1v) is 3.09. The molecule has 0 saturated heterocycles. The number of hydrogen-bond donors (Lipinski definition) is 2. The van der Waals surface area contributed by atoms with Gasteiger partial charge >= 0.3 is 0 Å². The van der Waals surface area contributed by atoms with Gasteiger partial charge < -0.3 is 4.74 Å². The van der Waals surface area contributed by atoms with Crippen LogP contribution in [-0.4, -0.2) is 18.0 Å². The molecule has 0 aromatic carbocycles. The molecule has 58 valence electrons. The summed E-state index contributed by atoms with van der Waals surface area (Å²) in [7, 11) is 1.55. The molecule has 0 atom stereocenters. The van der Waals surface area contributed by atoms with E-state index < -0.39 is 0 Å². The van der Waals surface area contributed by atoms with Gasteiger partial charge in [-0.25, -0.2) is 0 Å². The van der Waals surface area contributed by atoms with Crippen LogP contribution < -0.4 is 10.2 Å². The summed E-state index contributed by atoms with van der Waals surface area (Å²) in [4.78, 5) is 0. The fraction of sp³-hybridized carbons (Fsp3) is 0.143. The minimum absolute atomic E-state index is 0.265. The standard InChI is InChI=1S/C7H9N3O/c1-11-6-2-3-7(9)10(4-6)5-8/h2-5,8-9H,1H3. The van der Waals surface area contributed by atoms with Gasteiger partial charge in [0.1, 0.15) is 11.2 Å². The molecular weight excluding hydrogens is 142 g/mol. The number of nitrogens with one attached hydrogen (secondary N) is 2. The molecule has 0 spiro atoms. The molecule has 4 nitrogen and oxygen atoms in total. The lowest BCUT2D eigenvalue weighted by molar-refractivity contribution is 0.411. The molecule has 0 saturated carbocycles. The number of ether oxygens (including phenoxy) is 1. The van der Waals surface area contributed by atoms with E-state index in [2.05, 4.69) is 0 Å². The van der Waals surface area contributed by atoms with E-state index in [1.807, 2.05) is 0 Å². The van der Waals surface area contributed by atoms with E-state index in [0.717, 1.165) is 6.34 Å². The van der Waals surface area contributed by atoms with Crippen molar-refractivity contribution in [3.05, 3.63) is 23.8 Å². The van der Waals surface area contributed by atoms with E-state index in [-0.39, 0.29) is 5.49 Å². The number of pyridine rings is 1. The minimum atomic E-state index is 0.265. The summed E-state index contributed by atoms with van der Waals surface area (Å²) in [6.45, 7) is 0. The Balaban J connectivity index is 3.23. The summed E-state index contributed by atoms with van der Waals surface area (Å²) < 4.78 is 6.26. The highest BCUT2D eigenvalue weighted by Gasteiger charge is 1.91. The number of aromatic nitrogens is 1. The van der Waals surface area contributed by atoms with E-state index in [1.165, 1.54) is 4.57 Å². The molecule has 1 aromatic heterocycles. The third kappa shape index (κ3) is 1.46. The Kier molecular flexibility index (Phi) is 2.06. The van der Waals surface area contributed by atoms with E-state index in [9.17, 15) is 0 Å². The van der Waals surface area contributed by atoms with Gasteiger partial charge in [0.2, 0.25) is 0 Å². The maximum Gasteiger partial charge on any atom is 0.135 e. The average molecular weight is 151 g/mol. The summed E-state index contributed by atoms with van der Waals surface area (Å²) in [5.74, 6) is 0.643. The van der Waals surface area contributed by atoms with Crippen LogP contribution in [0.4, 0.5) is 0 Å². The number of hydrogen-bond acceptors (Lipinski definition) is 3. The molecule has 0 unspecified atom stereocenters. The van der Waals surface area contributed by atoms with Gasteiger partial charge in [0.05, 0.1) is 19.6 Å². The van der Waals surface area contributed by atoms with Crippen molar-refractivity contribution in [1.29, 1.82) is 10.8 Å². The van der Waals surface area contributed by atoms with Crippen molar-refractivity contribution >= 4 is 6.34 Å². The Morgan fingerprint density at radius 1 is 1.55 bits per heavy atom. The summed E-state index contributed by atoms with van der Waals surface area (Å²) in [5.41, 5.74) is 0.265. The molecule has 0 aliphatic rings. The average Bonchev–Trinajstić information content (AvgIpc) is 2.05. The van der Waals surface area contributed by atoms with E-state index in [4.69, 9.17) is 15.6 Å². The predicted molar refractivity (Wildman–Crippen MR) is 41.0 cm³/mol. The van der Waals surface area contributed by atoms with Gasteiger partial charge in [0.15, 0.2) is 0 Å². The fourth-order valence-corrected chi connectivity index (χ4v) is 0.724. The first-order valence-electron chi connectivity index (χ1n) is 3.09. The highest BCUT2D eigenvalue weighted by Crippen LogP contribution is 2.03. The zero-order valence-corrected chi connectivity index (χ0v) is 6.16. The predicted octanol–water partition coefficient (Wildman–Crippen LogP) is 0.431. The summed E-state index contributed by atoms with van der Waals surface area (Å²) in [6.07, 6.45) is 2.64. The van der Waals surface area contributed by atoms with Gasteiger partial charge in [-0.1, -0.05) is 0 Å². The quantitative estimate of drug-likeness (QED) is 0.467. The van der Waals surface area contributed by atoms with Crippen LogP contribution >= 0.6 is 0 Å². The molecule has 1 aromatic rings. The van der Waals surface area contributed by atoms with E-state index in [1.54, 1.807) is 25.4 Å². The van der Waals surface area contributed by atoms with Gasteiger partial charge in [-0.05, 0) is 12.1 Å². The first-order chi connectivity index (χ1) is 5.27. The van der Waals surface area contributed by atoms with Crippen LogP contribution in [0.3, 0.4) is 0 Å². The van der Waals surface area contributed by atoms with Crippen LogP contribution in [-0.2, 0) is 0 Å². The van der Waals surface area contributed by atoms with Crippen LogP contribution in [0.2, 0.25) is 0 Å². The third-order valence-corrected chi connectivity index (χ3v) is 1.32. The zero-order valence-electron chi connectivity index (χ0n) is 6.16. The molecule has 0 aliphatic carbocycles.